The van der Waals surface area contributed by atoms with Gasteiger partial charge in [-0.1, -0.05) is 0 Å². The van der Waals surface area contributed by atoms with Crippen LogP contribution in [0.25, 0.3) is 0 Å². The maximum absolute atomic E-state index is 10.9. The summed E-state index contributed by atoms with van der Waals surface area (Å²) in [7, 11) is -3.23. The van der Waals surface area contributed by atoms with E-state index in [4.69, 9.17) is 10.8 Å². The number of rotatable bonds is 2. The van der Waals surface area contributed by atoms with Gasteiger partial charge in [-0.15, -0.1) is 0 Å². The molecule has 0 unspecified atom stereocenters. The molecule has 8 heteroatoms. The predicted molar refractivity (Wildman–Crippen MR) is 48.6 cm³/mol. The smallest absolute Gasteiger partial charge is 0.418 e. The number of carbonyl (C=O) groups is 1. The van der Waals surface area contributed by atoms with Crippen LogP contribution in [0.2, 0.25) is 0 Å². The maximum Gasteiger partial charge on any atom is 0.418 e. The van der Waals surface area contributed by atoms with E-state index >= 15 is 0 Å². The van der Waals surface area contributed by atoms with Crippen LogP contribution in [0.15, 0.2) is 6.20 Å². The highest BCUT2D eigenvalue weighted by Crippen LogP contribution is 2.07. The molecule has 0 saturated heterocycles. The lowest BCUT2D eigenvalue weighted by Gasteiger charge is -1.92. The van der Waals surface area contributed by atoms with E-state index in [0.717, 1.165) is 12.5 Å². The van der Waals surface area contributed by atoms with Gasteiger partial charge in [-0.05, 0) is 0 Å². The van der Waals surface area contributed by atoms with E-state index in [1.165, 1.54) is 0 Å². The highest BCUT2D eigenvalue weighted by Gasteiger charge is 2.13. The minimum absolute atomic E-state index is 0.118. The van der Waals surface area contributed by atoms with Gasteiger partial charge in [0.1, 0.15) is 0 Å². The molecule has 0 aromatic carbocycles. The highest BCUT2D eigenvalue weighted by atomic mass is 32.2. The van der Waals surface area contributed by atoms with Gasteiger partial charge in [0, 0.05) is 12.5 Å². The van der Waals surface area contributed by atoms with Crippen LogP contribution < -0.4 is 5.73 Å². The Labute approximate surface area is 80.1 Å². The van der Waals surface area contributed by atoms with Gasteiger partial charge >= 0.3 is 6.09 Å². The molecule has 1 aromatic heterocycles. The Morgan fingerprint density at radius 2 is 2.29 bits per heavy atom. The third kappa shape index (κ3) is 2.46. The largest absolute Gasteiger partial charge is 0.464 e. The Morgan fingerprint density at radius 3 is 2.64 bits per heavy atom. The first-order valence-electron chi connectivity index (χ1n) is 3.54. The summed E-state index contributed by atoms with van der Waals surface area (Å²) in [5, 5.41) is 8.57. The number of nitrogens with two attached hydrogens (primary N) is 1. The van der Waals surface area contributed by atoms with E-state index in [1.807, 2.05) is 0 Å². The fourth-order valence-corrected chi connectivity index (χ4v) is 1.61. The van der Waals surface area contributed by atoms with Gasteiger partial charge < -0.3 is 10.8 Å². The minimum Gasteiger partial charge on any atom is -0.464 e. The molecule has 14 heavy (non-hydrogen) atoms. The Hall–Kier alpha value is -1.57. The summed E-state index contributed by atoms with van der Waals surface area (Å²) in [6, 6.07) is 0. The number of hydrogen-bond donors (Lipinski definition) is 2. The highest BCUT2D eigenvalue weighted by molar-refractivity contribution is 7.89. The normalized spacial score (nSPS) is 11.5. The number of nitrogen functional groups attached to an aromatic ring is 1. The molecule has 0 atom stereocenters. The number of imidazole rings is 1. The number of hydrogen-bond acceptors (Lipinski definition) is 5. The summed E-state index contributed by atoms with van der Waals surface area (Å²) in [4.78, 5) is 14.1. The number of anilines is 1. The summed E-state index contributed by atoms with van der Waals surface area (Å²) in [5.74, 6) is -0.562. The third-order valence-corrected chi connectivity index (χ3v) is 2.22. The molecule has 0 bridgehead atoms. The monoisotopic (exact) mass is 219 g/mol. The topological polar surface area (TPSA) is 115 Å². The molecule has 0 fully saturated rings. The minimum atomic E-state index is -3.23. The summed E-state index contributed by atoms with van der Waals surface area (Å²) < 4.78 is 22.4. The summed E-state index contributed by atoms with van der Waals surface area (Å²) in [6.45, 7) is 0. The Morgan fingerprint density at radius 1 is 1.71 bits per heavy atom. The van der Waals surface area contributed by atoms with Crippen molar-refractivity contribution in [2.24, 2.45) is 0 Å². The van der Waals surface area contributed by atoms with Crippen molar-refractivity contribution in [3.8, 4) is 0 Å². The molecule has 1 aromatic rings. The molecule has 1 rings (SSSR count). The summed E-state index contributed by atoms with van der Waals surface area (Å²) in [5.41, 5.74) is 5.36. The van der Waals surface area contributed by atoms with Crippen LogP contribution in [0, 0.1) is 0 Å². The molecule has 0 amide bonds. The van der Waals surface area contributed by atoms with Gasteiger partial charge in [-0.2, -0.15) is 0 Å². The molecule has 0 radical (unpaired) electrons. The Kier molecular flexibility index (Phi) is 2.47. The fourth-order valence-electron chi connectivity index (χ4n) is 0.936. The number of sulfone groups is 1. The second-order valence-corrected chi connectivity index (χ2v) is 4.95. The lowest BCUT2D eigenvalue weighted by atomic mass is 10.6. The Bertz CT molecular complexity index is 461. The van der Waals surface area contributed by atoms with Crippen molar-refractivity contribution in [3.63, 3.8) is 0 Å². The maximum atomic E-state index is 10.9. The number of nitrogens with zero attached hydrogens (tertiary/aromatic N) is 2. The van der Waals surface area contributed by atoms with E-state index in [0.29, 0.717) is 4.57 Å². The average molecular weight is 219 g/mol. The van der Waals surface area contributed by atoms with Crippen LogP contribution in [-0.2, 0) is 15.6 Å². The van der Waals surface area contributed by atoms with E-state index < -0.39 is 15.9 Å². The first-order valence-corrected chi connectivity index (χ1v) is 5.60. The predicted octanol–water partition coefficient (Wildman–Crippen LogP) is -0.464. The van der Waals surface area contributed by atoms with Crippen LogP contribution in [0.3, 0.4) is 0 Å². The zero-order valence-electron chi connectivity index (χ0n) is 7.34. The average Bonchev–Trinajstić information content (AvgIpc) is 2.26. The second kappa shape index (κ2) is 3.29. The van der Waals surface area contributed by atoms with Crippen LogP contribution in [0.4, 0.5) is 10.7 Å². The molecule has 0 spiro atoms. The molecule has 3 N–H and O–H groups in total. The second-order valence-electron chi connectivity index (χ2n) is 2.81. The molecule has 0 aliphatic rings. The fraction of sp³-hybridized carbons (Fsp3) is 0.333. The van der Waals surface area contributed by atoms with Crippen LogP contribution in [-0.4, -0.2) is 35.4 Å². The van der Waals surface area contributed by atoms with Crippen molar-refractivity contribution < 1.29 is 18.3 Å². The van der Waals surface area contributed by atoms with E-state index in [2.05, 4.69) is 4.98 Å². The third-order valence-electron chi connectivity index (χ3n) is 1.40. The molecule has 78 valence electrons. The van der Waals surface area contributed by atoms with E-state index in [9.17, 15) is 13.2 Å². The van der Waals surface area contributed by atoms with Crippen molar-refractivity contribution in [1.29, 1.82) is 0 Å². The first-order chi connectivity index (χ1) is 6.29. The van der Waals surface area contributed by atoms with Crippen molar-refractivity contribution in [2.75, 3.05) is 12.0 Å². The van der Waals surface area contributed by atoms with Crippen LogP contribution >= 0.6 is 0 Å². The van der Waals surface area contributed by atoms with Crippen molar-refractivity contribution >= 4 is 21.9 Å². The van der Waals surface area contributed by atoms with Gasteiger partial charge in [-0.3, -0.25) is 0 Å². The molecule has 0 saturated carbocycles. The quantitative estimate of drug-likeness (QED) is 0.695. The Balaban J connectivity index is 3.04. The molecular weight excluding hydrogens is 210 g/mol. The lowest BCUT2D eigenvalue weighted by Crippen LogP contribution is -2.09. The van der Waals surface area contributed by atoms with Crippen molar-refractivity contribution in [3.05, 3.63) is 11.9 Å². The molecule has 7 nitrogen and oxygen atoms in total. The van der Waals surface area contributed by atoms with Gasteiger partial charge in [0.15, 0.2) is 9.84 Å². The van der Waals surface area contributed by atoms with E-state index in [-0.39, 0.29) is 17.4 Å². The molecule has 0 aliphatic heterocycles. The van der Waals surface area contributed by atoms with Crippen molar-refractivity contribution in [2.45, 2.75) is 5.75 Å². The SMILES string of the molecule is CS(=O)(=O)Cc1cn(C(=O)O)c(N)n1. The first kappa shape index (κ1) is 10.5. The zero-order chi connectivity index (χ0) is 10.9. The zero-order valence-corrected chi connectivity index (χ0v) is 8.15. The van der Waals surface area contributed by atoms with Crippen molar-refractivity contribution in [1.82, 2.24) is 9.55 Å². The van der Waals surface area contributed by atoms with Gasteiger partial charge in [0.25, 0.3) is 0 Å². The lowest BCUT2D eigenvalue weighted by molar-refractivity contribution is 0.197. The summed E-state index contributed by atoms with van der Waals surface area (Å²) in [6.07, 6.45) is 0.816. The molecule has 1 heterocycles. The number of aromatic nitrogens is 2. The molecular formula is C6H9N3O4S. The summed E-state index contributed by atoms with van der Waals surface area (Å²) >= 11 is 0. The van der Waals surface area contributed by atoms with Crippen LogP contribution in [0.1, 0.15) is 5.69 Å². The standard InChI is InChI=1S/C6H9N3O4S/c1-14(12,13)3-4-2-9(6(10)11)5(7)8-4/h2H,3H2,1H3,(H2,7,8)(H,10,11). The van der Waals surface area contributed by atoms with E-state index in [1.54, 1.807) is 0 Å². The van der Waals surface area contributed by atoms with Gasteiger partial charge in [0.05, 0.1) is 11.4 Å². The number of carboxylic acid groups (broad SMARTS) is 1. The van der Waals surface area contributed by atoms with Crippen LogP contribution in [0.5, 0.6) is 0 Å². The van der Waals surface area contributed by atoms with Gasteiger partial charge in [-0.25, -0.2) is 22.8 Å². The van der Waals surface area contributed by atoms with Gasteiger partial charge in [0.2, 0.25) is 5.95 Å². The molecule has 0 aliphatic carbocycles.